The van der Waals surface area contributed by atoms with E-state index in [9.17, 15) is 9.90 Å². The number of carboxylic acid groups (broad SMARTS) is 1. The van der Waals surface area contributed by atoms with E-state index in [0.717, 1.165) is 29.2 Å². The van der Waals surface area contributed by atoms with Crippen LogP contribution in [0.4, 0.5) is 4.79 Å². The number of hydrogen-bond acceptors (Lipinski definition) is 6. The fourth-order valence-corrected chi connectivity index (χ4v) is 4.73. The summed E-state index contributed by atoms with van der Waals surface area (Å²) in [6, 6.07) is 9.54. The molecule has 2 atom stereocenters. The molecule has 10 heteroatoms. The van der Waals surface area contributed by atoms with Gasteiger partial charge in [-0.15, -0.1) is 0 Å². The molecule has 1 saturated heterocycles. The van der Waals surface area contributed by atoms with Gasteiger partial charge in [-0.3, -0.25) is 4.68 Å². The van der Waals surface area contributed by atoms with Crippen LogP contribution in [0.25, 0.3) is 22.6 Å². The molecule has 4 heterocycles. The summed E-state index contributed by atoms with van der Waals surface area (Å²) in [5, 5.41) is 14.2. The van der Waals surface area contributed by atoms with Gasteiger partial charge in [-0.1, -0.05) is 30.3 Å². The van der Waals surface area contributed by atoms with Crippen molar-refractivity contribution in [2.24, 2.45) is 7.05 Å². The summed E-state index contributed by atoms with van der Waals surface area (Å²) in [5.74, 6) is 1.10. The van der Waals surface area contributed by atoms with E-state index in [1.807, 2.05) is 66.7 Å². The van der Waals surface area contributed by atoms with Crippen LogP contribution in [0, 0.1) is 6.92 Å². The Bertz CT molecular complexity index is 1330. The summed E-state index contributed by atoms with van der Waals surface area (Å²) in [4.78, 5) is 27.0. The molecule has 1 aromatic carbocycles. The van der Waals surface area contributed by atoms with E-state index in [1.54, 1.807) is 0 Å². The molecular weight excluding hydrogens is 434 g/mol. The largest absolute Gasteiger partial charge is 0.470 e. The molecule has 0 aliphatic carbocycles. The van der Waals surface area contributed by atoms with Crippen LogP contribution in [0.5, 0.6) is 5.88 Å². The Balaban J connectivity index is 1.49. The molecule has 34 heavy (non-hydrogen) atoms. The van der Waals surface area contributed by atoms with Gasteiger partial charge in [0.25, 0.3) is 0 Å². The fourth-order valence-electron chi connectivity index (χ4n) is 4.73. The molecule has 1 fully saturated rings. The lowest BCUT2D eigenvalue weighted by Gasteiger charge is -2.26. The van der Waals surface area contributed by atoms with Gasteiger partial charge < -0.3 is 19.3 Å². The lowest BCUT2D eigenvalue weighted by Crippen LogP contribution is -2.42. The monoisotopic (exact) mass is 461 g/mol. The summed E-state index contributed by atoms with van der Waals surface area (Å²) >= 11 is 0. The van der Waals surface area contributed by atoms with Crippen LogP contribution in [0.3, 0.4) is 0 Å². The number of nitrogens with zero attached hydrogens (tertiary/aromatic N) is 7. The van der Waals surface area contributed by atoms with Gasteiger partial charge >= 0.3 is 6.09 Å². The van der Waals surface area contributed by atoms with Crippen LogP contribution >= 0.6 is 0 Å². The predicted octanol–water partition coefficient (Wildman–Crippen LogP) is 3.30. The first kappa shape index (κ1) is 21.9. The van der Waals surface area contributed by atoms with Crippen LogP contribution in [-0.2, 0) is 20.0 Å². The van der Waals surface area contributed by atoms with Gasteiger partial charge in [0.05, 0.1) is 17.8 Å². The predicted molar refractivity (Wildman–Crippen MR) is 126 cm³/mol. The third-order valence-electron chi connectivity index (χ3n) is 6.55. The summed E-state index contributed by atoms with van der Waals surface area (Å²) < 4.78 is 10.2. The van der Waals surface area contributed by atoms with Crippen LogP contribution in [0.1, 0.15) is 24.6 Å². The minimum absolute atomic E-state index is 0.321. The van der Waals surface area contributed by atoms with E-state index in [2.05, 4.69) is 15.1 Å². The number of ether oxygens (including phenoxy) is 1. The summed E-state index contributed by atoms with van der Waals surface area (Å²) in [5.41, 5.74) is 4.21. The van der Waals surface area contributed by atoms with E-state index in [0.29, 0.717) is 36.4 Å². The highest BCUT2D eigenvalue weighted by molar-refractivity contribution is 5.81. The molecule has 1 amide bonds. The standard InChI is InChI=1S/C24H27N7O3/c1-4-31-15(2)17(13-27-31)21-28-20-22(29(21)3)25-14-26-23(20)34-19-10-11-30(24(32)33)18(19)12-16-8-6-5-7-9-16/h5-9,13-14,18-19H,4,10-12H2,1-3H3,(H,32,33). The zero-order chi connectivity index (χ0) is 23.8. The van der Waals surface area contributed by atoms with Gasteiger partial charge in [0, 0.05) is 32.3 Å². The van der Waals surface area contributed by atoms with Crippen molar-refractivity contribution >= 4 is 17.3 Å². The highest BCUT2D eigenvalue weighted by Gasteiger charge is 2.39. The molecule has 3 aromatic heterocycles. The zero-order valence-corrected chi connectivity index (χ0v) is 19.4. The molecule has 10 nitrogen and oxygen atoms in total. The van der Waals surface area contributed by atoms with Gasteiger partial charge in [-0.05, 0) is 25.8 Å². The second-order valence-electron chi connectivity index (χ2n) is 8.48. The Labute approximate surface area is 196 Å². The third kappa shape index (κ3) is 3.74. The number of carbonyl (C=O) groups is 1. The Kier molecular flexibility index (Phi) is 5.64. The third-order valence-corrected chi connectivity index (χ3v) is 6.55. The molecular formula is C24H27N7O3. The topological polar surface area (TPSA) is 111 Å². The Morgan fingerprint density at radius 1 is 1.24 bits per heavy atom. The molecule has 5 rings (SSSR count). The lowest BCUT2D eigenvalue weighted by atomic mass is 10.0. The normalized spacial score (nSPS) is 18.0. The van der Waals surface area contributed by atoms with E-state index in [4.69, 9.17) is 9.72 Å². The molecule has 0 saturated carbocycles. The first-order valence-electron chi connectivity index (χ1n) is 11.4. The molecule has 0 radical (unpaired) electrons. The maximum absolute atomic E-state index is 11.9. The summed E-state index contributed by atoms with van der Waals surface area (Å²) in [6.45, 7) is 5.24. The molecule has 2 unspecified atom stereocenters. The van der Waals surface area contributed by atoms with E-state index < -0.39 is 6.09 Å². The van der Waals surface area contributed by atoms with Crippen molar-refractivity contribution in [1.82, 2.24) is 34.2 Å². The smallest absolute Gasteiger partial charge is 0.407 e. The van der Waals surface area contributed by atoms with Crippen molar-refractivity contribution in [1.29, 1.82) is 0 Å². The fraction of sp³-hybridized carbons (Fsp3) is 0.375. The maximum Gasteiger partial charge on any atom is 0.407 e. The maximum atomic E-state index is 11.9. The lowest BCUT2D eigenvalue weighted by molar-refractivity contribution is 0.109. The Morgan fingerprint density at radius 2 is 2.03 bits per heavy atom. The molecule has 4 aromatic rings. The molecule has 1 N–H and O–H groups in total. The number of rotatable bonds is 6. The number of aromatic nitrogens is 6. The molecule has 1 aliphatic rings. The highest BCUT2D eigenvalue weighted by Crippen LogP contribution is 2.31. The van der Waals surface area contributed by atoms with E-state index >= 15 is 0 Å². The zero-order valence-electron chi connectivity index (χ0n) is 19.4. The van der Waals surface area contributed by atoms with Crippen LogP contribution in [0.15, 0.2) is 42.9 Å². The Hall–Kier alpha value is -3.95. The number of likely N-dealkylation sites (tertiary alicyclic amines) is 1. The van der Waals surface area contributed by atoms with Gasteiger partial charge in [-0.25, -0.2) is 14.8 Å². The number of imidazole rings is 1. The van der Waals surface area contributed by atoms with Gasteiger partial charge in [0.15, 0.2) is 11.2 Å². The summed E-state index contributed by atoms with van der Waals surface area (Å²) in [6.07, 6.45) is 3.13. The number of aryl methyl sites for hydroxylation is 2. The van der Waals surface area contributed by atoms with Crippen LogP contribution in [0.2, 0.25) is 0 Å². The average Bonchev–Trinajstić information content (AvgIpc) is 3.51. The first-order valence-corrected chi connectivity index (χ1v) is 11.4. The second-order valence-corrected chi connectivity index (χ2v) is 8.48. The van der Waals surface area contributed by atoms with Crippen molar-refractivity contribution in [3.05, 3.63) is 54.1 Å². The average molecular weight is 462 g/mol. The molecule has 0 bridgehead atoms. The number of fused-ring (bicyclic) bond motifs is 1. The minimum atomic E-state index is -0.941. The summed E-state index contributed by atoms with van der Waals surface area (Å²) in [7, 11) is 1.91. The Morgan fingerprint density at radius 3 is 2.74 bits per heavy atom. The number of amides is 1. The minimum Gasteiger partial charge on any atom is -0.470 e. The SMILES string of the molecule is CCn1ncc(-c2nc3c(OC4CCN(C(=O)O)C4Cc4ccccc4)ncnc3n2C)c1C. The van der Waals surface area contributed by atoms with Crippen molar-refractivity contribution in [3.63, 3.8) is 0 Å². The van der Waals surface area contributed by atoms with Crippen LogP contribution in [-0.4, -0.2) is 64.1 Å². The van der Waals surface area contributed by atoms with Crippen molar-refractivity contribution in [2.75, 3.05) is 6.54 Å². The highest BCUT2D eigenvalue weighted by atomic mass is 16.5. The second kappa shape index (κ2) is 8.77. The van der Waals surface area contributed by atoms with Gasteiger partial charge in [-0.2, -0.15) is 10.1 Å². The molecule has 0 spiro atoms. The van der Waals surface area contributed by atoms with Gasteiger partial charge in [0.1, 0.15) is 18.3 Å². The quantitative estimate of drug-likeness (QED) is 0.469. The molecule has 176 valence electrons. The number of hydrogen-bond donors (Lipinski definition) is 1. The van der Waals surface area contributed by atoms with Crippen molar-refractivity contribution in [2.45, 2.75) is 45.4 Å². The van der Waals surface area contributed by atoms with E-state index in [-0.39, 0.29) is 12.1 Å². The first-order chi connectivity index (χ1) is 16.5. The van der Waals surface area contributed by atoms with Crippen molar-refractivity contribution < 1.29 is 14.6 Å². The molecule has 1 aliphatic heterocycles. The van der Waals surface area contributed by atoms with Crippen LogP contribution < -0.4 is 4.74 Å². The van der Waals surface area contributed by atoms with E-state index in [1.165, 1.54) is 11.2 Å². The number of benzene rings is 1. The van der Waals surface area contributed by atoms with Gasteiger partial charge in [0.2, 0.25) is 5.88 Å². The van der Waals surface area contributed by atoms with Crippen molar-refractivity contribution in [3.8, 4) is 17.3 Å².